The Kier molecular flexibility index (Phi) is 6.49. The van der Waals surface area contributed by atoms with Crippen LogP contribution < -0.4 is 5.32 Å². The van der Waals surface area contributed by atoms with Gasteiger partial charge >= 0.3 is 0 Å². The number of nitrogens with one attached hydrogen (secondary N) is 1. The molecule has 0 saturated heterocycles. The third-order valence-corrected chi connectivity index (χ3v) is 3.26. The van der Waals surface area contributed by atoms with Crippen LogP contribution in [0.15, 0.2) is 4.52 Å². The summed E-state index contributed by atoms with van der Waals surface area (Å²) >= 11 is 1.85. The summed E-state index contributed by atoms with van der Waals surface area (Å²) in [5.74, 6) is 4.18. The maximum Gasteiger partial charge on any atom is 0.240 e. The van der Waals surface area contributed by atoms with Crippen LogP contribution in [0.3, 0.4) is 0 Å². The molecule has 0 radical (unpaired) electrons. The predicted molar refractivity (Wildman–Crippen MR) is 67.3 cm³/mol. The van der Waals surface area contributed by atoms with Crippen molar-refractivity contribution in [3.05, 3.63) is 11.7 Å². The summed E-state index contributed by atoms with van der Waals surface area (Å²) in [4.78, 5) is 4.32. The fourth-order valence-electron chi connectivity index (χ4n) is 1.18. The van der Waals surface area contributed by atoms with E-state index in [0.717, 1.165) is 30.3 Å². The molecular weight excluding hydrogens is 222 g/mol. The Bertz CT molecular complexity index is 289. The largest absolute Gasteiger partial charge is 0.338 e. The van der Waals surface area contributed by atoms with Gasteiger partial charge in [-0.05, 0) is 24.6 Å². The first kappa shape index (κ1) is 13.5. The predicted octanol–water partition coefficient (Wildman–Crippen LogP) is 2.46. The molecule has 0 aliphatic carbocycles. The molecule has 1 heterocycles. The first-order valence-corrected chi connectivity index (χ1v) is 6.97. The number of rotatable bonds is 8. The summed E-state index contributed by atoms with van der Waals surface area (Å²) in [6.45, 7) is 8.22. The Morgan fingerprint density at radius 2 is 2.25 bits per heavy atom. The molecule has 0 atom stereocenters. The van der Waals surface area contributed by atoms with E-state index in [0.29, 0.717) is 18.4 Å². The van der Waals surface area contributed by atoms with E-state index < -0.39 is 0 Å². The minimum Gasteiger partial charge on any atom is -0.338 e. The molecule has 0 aliphatic heterocycles. The Hall–Kier alpha value is -0.550. The Balaban J connectivity index is 2.22. The molecule has 0 aromatic carbocycles. The van der Waals surface area contributed by atoms with Crippen molar-refractivity contribution in [2.75, 3.05) is 12.3 Å². The van der Waals surface area contributed by atoms with Crippen LogP contribution in [0.4, 0.5) is 0 Å². The zero-order chi connectivity index (χ0) is 11.8. The fraction of sp³-hybridized carbons (Fsp3) is 0.818. The lowest BCUT2D eigenvalue weighted by atomic mass is 10.3. The summed E-state index contributed by atoms with van der Waals surface area (Å²) in [6, 6.07) is 0. The average Bonchev–Trinajstić information content (AvgIpc) is 2.66. The minimum absolute atomic E-state index is 0.676. The van der Waals surface area contributed by atoms with Crippen molar-refractivity contribution in [3.63, 3.8) is 0 Å². The van der Waals surface area contributed by atoms with Crippen LogP contribution in [-0.4, -0.2) is 22.4 Å². The molecule has 0 fully saturated rings. The first-order chi connectivity index (χ1) is 7.72. The van der Waals surface area contributed by atoms with Gasteiger partial charge in [0.15, 0.2) is 5.82 Å². The van der Waals surface area contributed by atoms with Gasteiger partial charge in [0.25, 0.3) is 0 Å². The van der Waals surface area contributed by atoms with E-state index in [4.69, 9.17) is 4.52 Å². The summed E-state index contributed by atoms with van der Waals surface area (Å²) < 4.78 is 5.13. The van der Waals surface area contributed by atoms with Gasteiger partial charge in [-0.25, -0.2) is 0 Å². The van der Waals surface area contributed by atoms with Crippen LogP contribution in [0.5, 0.6) is 0 Å². The van der Waals surface area contributed by atoms with Crippen LogP contribution in [-0.2, 0) is 12.3 Å². The van der Waals surface area contributed by atoms with Gasteiger partial charge in [-0.2, -0.15) is 16.7 Å². The molecule has 1 rings (SSSR count). The van der Waals surface area contributed by atoms with Gasteiger partial charge in [-0.15, -0.1) is 0 Å². The number of hydrogen-bond acceptors (Lipinski definition) is 5. The monoisotopic (exact) mass is 243 g/mol. The molecule has 0 bridgehead atoms. The molecule has 1 N–H and O–H groups in total. The smallest absolute Gasteiger partial charge is 0.240 e. The second-order valence-electron chi connectivity index (χ2n) is 4.19. The standard InChI is InChI=1S/C11H21N3OS/c1-4-5-12-6-11-13-10(14-15-11)8-16-7-9(2)3/h9,12H,4-8H2,1-3H3. The summed E-state index contributed by atoms with van der Waals surface area (Å²) in [6.07, 6.45) is 1.12. The Morgan fingerprint density at radius 1 is 1.44 bits per heavy atom. The highest BCUT2D eigenvalue weighted by Gasteiger charge is 2.05. The lowest BCUT2D eigenvalue weighted by Crippen LogP contribution is -2.13. The van der Waals surface area contributed by atoms with E-state index in [1.165, 1.54) is 0 Å². The molecule has 0 unspecified atom stereocenters. The Morgan fingerprint density at radius 3 is 2.94 bits per heavy atom. The van der Waals surface area contributed by atoms with Crippen LogP contribution >= 0.6 is 11.8 Å². The molecule has 0 saturated carbocycles. The fourth-order valence-corrected chi connectivity index (χ4v) is 2.07. The average molecular weight is 243 g/mol. The van der Waals surface area contributed by atoms with E-state index in [2.05, 4.69) is 36.2 Å². The van der Waals surface area contributed by atoms with E-state index in [1.54, 1.807) is 0 Å². The summed E-state index contributed by atoms with van der Waals surface area (Å²) in [7, 11) is 0. The van der Waals surface area contributed by atoms with Crippen LogP contribution in [0.2, 0.25) is 0 Å². The molecule has 16 heavy (non-hydrogen) atoms. The van der Waals surface area contributed by atoms with E-state index in [1.807, 2.05) is 11.8 Å². The quantitative estimate of drug-likeness (QED) is 0.711. The van der Waals surface area contributed by atoms with Crippen LogP contribution in [0.1, 0.15) is 38.9 Å². The molecule has 4 nitrogen and oxygen atoms in total. The molecule has 1 aromatic heterocycles. The molecule has 0 amide bonds. The highest BCUT2D eigenvalue weighted by Crippen LogP contribution is 2.12. The number of nitrogens with zero attached hydrogens (tertiary/aromatic N) is 2. The molecule has 0 aliphatic rings. The zero-order valence-electron chi connectivity index (χ0n) is 10.3. The summed E-state index contributed by atoms with van der Waals surface area (Å²) in [5.41, 5.74) is 0. The first-order valence-electron chi connectivity index (χ1n) is 5.82. The second-order valence-corrected chi connectivity index (χ2v) is 5.22. The van der Waals surface area contributed by atoms with E-state index in [9.17, 15) is 0 Å². The van der Waals surface area contributed by atoms with Crippen molar-refractivity contribution in [1.82, 2.24) is 15.5 Å². The SMILES string of the molecule is CCCNCc1nc(CSCC(C)C)no1. The maximum absolute atomic E-state index is 5.13. The normalized spacial score (nSPS) is 11.2. The molecular formula is C11H21N3OS. The van der Waals surface area contributed by atoms with Crippen molar-refractivity contribution in [2.45, 2.75) is 39.5 Å². The Labute approximate surface area is 102 Å². The lowest BCUT2D eigenvalue weighted by Gasteiger charge is -2.00. The minimum atomic E-state index is 0.676. The van der Waals surface area contributed by atoms with Crippen molar-refractivity contribution in [3.8, 4) is 0 Å². The van der Waals surface area contributed by atoms with Gasteiger partial charge in [0, 0.05) is 0 Å². The molecule has 92 valence electrons. The number of aromatic nitrogens is 2. The third-order valence-electron chi connectivity index (χ3n) is 1.90. The van der Waals surface area contributed by atoms with Crippen molar-refractivity contribution in [2.24, 2.45) is 5.92 Å². The molecule has 5 heteroatoms. The van der Waals surface area contributed by atoms with Gasteiger partial charge in [0.1, 0.15) is 0 Å². The summed E-state index contributed by atoms with van der Waals surface area (Å²) in [5, 5.41) is 7.18. The van der Waals surface area contributed by atoms with Crippen molar-refractivity contribution in [1.29, 1.82) is 0 Å². The highest BCUT2D eigenvalue weighted by molar-refractivity contribution is 7.98. The zero-order valence-corrected chi connectivity index (χ0v) is 11.1. The highest BCUT2D eigenvalue weighted by atomic mass is 32.2. The topological polar surface area (TPSA) is 51.0 Å². The third kappa shape index (κ3) is 5.51. The van der Waals surface area contributed by atoms with E-state index >= 15 is 0 Å². The molecule has 0 spiro atoms. The number of thioether (sulfide) groups is 1. The maximum atomic E-state index is 5.13. The number of hydrogen-bond donors (Lipinski definition) is 1. The van der Waals surface area contributed by atoms with Gasteiger partial charge in [0.2, 0.25) is 5.89 Å². The van der Waals surface area contributed by atoms with Crippen molar-refractivity contribution < 1.29 is 4.52 Å². The van der Waals surface area contributed by atoms with Crippen LogP contribution in [0.25, 0.3) is 0 Å². The van der Waals surface area contributed by atoms with Gasteiger partial charge in [-0.1, -0.05) is 25.9 Å². The van der Waals surface area contributed by atoms with Crippen LogP contribution in [0, 0.1) is 5.92 Å². The van der Waals surface area contributed by atoms with Crippen molar-refractivity contribution >= 4 is 11.8 Å². The van der Waals surface area contributed by atoms with Gasteiger partial charge in [-0.3, -0.25) is 0 Å². The lowest BCUT2D eigenvalue weighted by molar-refractivity contribution is 0.364. The van der Waals surface area contributed by atoms with Gasteiger partial charge < -0.3 is 9.84 Å². The van der Waals surface area contributed by atoms with E-state index in [-0.39, 0.29) is 0 Å². The van der Waals surface area contributed by atoms with Gasteiger partial charge in [0.05, 0.1) is 12.3 Å². The molecule has 1 aromatic rings. The second kappa shape index (κ2) is 7.68.